The number of hydrogen-bond donors (Lipinski definition) is 0. The van der Waals surface area contributed by atoms with E-state index in [1.54, 1.807) is 20.3 Å². The summed E-state index contributed by atoms with van der Waals surface area (Å²) in [5.74, 6) is 2.07. The van der Waals surface area contributed by atoms with Gasteiger partial charge in [0.25, 0.3) is 0 Å². The van der Waals surface area contributed by atoms with Crippen LogP contribution in [-0.2, 0) is 21.9 Å². The second kappa shape index (κ2) is 12.4. The van der Waals surface area contributed by atoms with Crippen LogP contribution in [0.1, 0.15) is 60.1 Å². The molecule has 0 amide bonds. The minimum atomic E-state index is -4.45. The van der Waals surface area contributed by atoms with Crippen molar-refractivity contribution in [3.05, 3.63) is 124 Å². The highest BCUT2D eigenvalue weighted by Crippen LogP contribution is 2.61. The SMILES string of the molecule is CCC1(CC)c2cc(C(F)(F)F)ccc2-c2c1c1c(c3cc(OC)ccc23)OC(c2ccc(OC)cc2)(c2ccc(N3CCOCC3)cc2)C=C1. The maximum Gasteiger partial charge on any atom is 0.416 e. The fourth-order valence-electron chi connectivity index (χ4n) is 8.54. The fraction of sp³-hybridized carbons (Fsp3) is 0.302. The van der Waals surface area contributed by atoms with Crippen molar-refractivity contribution in [3.63, 3.8) is 0 Å². The molecule has 0 N–H and O–H groups in total. The number of benzene rings is 5. The number of alkyl halides is 3. The highest BCUT2D eigenvalue weighted by Gasteiger charge is 2.48. The molecule has 5 aromatic rings. The number of halogens is 3. The summed E-state index contributed by atoms with van der Waals surface area (Å²) in [6.07, 6.45) is 1.03. The first-order chi connectivity index (χ1) is 24.7. The minimum absolute atomic E-state index is 0.624. The summed E-state index contributed by atoms with van der Waals surface area (Å²) < 4.78 is 66.8. The Labute approximate surface area is 296 Å². The molecule has 0 bridgehead atoms. The van der Waals surface area contributed by atoms with Crippen LogP contribution in [0.2, 0.25) is 0 Å². The second-order valence-electron chi connectivity index (χ2n) is 13.5. The van der Waals surface area contributed by atoms with Gasteiger partial charge in [-0.3, -0.25) is 0 Å². The highest BCUT2D eigenvalue weighted by molar-refractivity contribution is 6.09. The Kier molecular flexibility index (Phi) is 8.06. The highest BCUT2D eigenvalue weighted by atomic mass is 19.4. The van der Waals surface area contributed by atoms with Gasteiger partial charge in [-0.2, -0.15) is 13.2 Å². The summed E-state index contributed by atoms with van der Waals surface area (Å²) in [6, 6.07) is 26.6. The Morgan fingerprint density at radius 1 is 0.765 bits per heavy atom. The van der Waals surface area contributed by atoms with Crippen LogP contribution in [0.5, 0.6) is 17.2 Å². The van der Waals surface area contributed by atoms with Crippen LogP contribution in [0.25, 0.3) is 28.0 Å². The van der Waals surface area contributed by atoms with Crippen molar-refractivity contribution in [2.24, 2.45) is 0 Å². The van der Waals surface area contributed by atoms with Gasteiger partial charge >= 0.3 is 6.18 Å². The molecule has 1 unspecified atom stereocenters. The zero-order valence-electron chi connectivity index (χ0n) is 29.2. The van der Waals surface area contributed by atoms with E-state index in [0.717, 1.165) is 68.7 Å². The normalized spacial score (nSPS) is 18.9. The van der Waals surface area contributed by atoms with Crippen molar-refractivity contribution in [2.45, 2.75) is 43.9 Å². The maximum absolute atomic E-state index is 14.2. The van der Waals surface area contributed by atoms with Crippen molar-refractivity contribution in [2.75, 3.05) is 45.4 Å². The lowest BCUT2D eigenvalue weighted by Crippen LogP contribution is -2.37. The minimum Gasteiger partial charge on any atom is -0.497 e. The molecule has 0 saturated carbocycles. The van der Waals surface area contributed by atoms with Gasteiger partial charge < -0.3 is 23.8 Å². The van der Waals surface area contributed by atoms with Gasteiger partial charge in [-0.1, -0.05) is 50.3 Å². The van der Waals surface area contributed by atoms with Crippen molar-refractivity contribution in [3.8, 4) is 28.4 Å². The van der Waals surface area contributed by atoms with E-state index >= 15 is 0 Å². The lowest BCUT2D eigenvalue weighted by atomic mass is 9.71. The van der Waals surface area contributed by atoms with E-state index in [1.165, 1.54) is 12.1 Å². The number of nitrogens with zero attached hydrogens (tertiary/aromatic N) is 1. The van der Waals surface area contributed by atoms with E-state index in [4.69, 9.17) is 18.9 Å². The summed E-state index contributed by atoms with van der Waals surface area (Å²) in [7, 11) is 3.28. The molecular formula is C43H40F3NO4. The van der Waals surface area contributed by atoms with E-state index < -0.39 is 22.8 Å². The number of morpholine rings is 1. The predicted octanol–water partition coefficient (Wildman–Crippen LogP) is 10.1. The van der Waals surface area contributed by atoms with Crippen molar-refractivity contribution >= 4 is 22.5 Å². The molecular weight excluding hydrogens is 651 g/mol. The van der Waals surface area contributed by atoms with Gasteiger partial charge in [-0.25, -0.2) is 0 Å². The number of hydrogen-bond acceptors (Lipinski definition) is 5. The fourth-order valence-corrected chi connectivity index (χ4v) is 8.54. The molecule has 262 valence electrons. The van der Waals surface area contributed by atoms with Crippen LogP contribution < -0.4 is 19.1 Å². The molecule has 2 aliphatic heterocycles. The van der Waals surface area contributed by atoms with Gasteiger partial charge in [0.2, 0.25) is 0 Å². The Balaban J connectivity index is 1.39. The third-order valence-electron chi connectivity index (χ3n) is 11.3. The third kappa shape index (κ3) is 5.09. The van der Waals surface area contributed by atoms with Gasteiger partial charge in [0.1, 0.15) is 17.2 Å². The van der Waals surface area contributed by atoms with E-state index in [1.807, 2.05) is 42.5 Å². The number of fused-ring (bicyclic) bond motifs is 8. The topological polar surface area (TPSA) is 40.2 Å². The van der Waals surface area contributed by atoms with E-state index in [9.17, 15) is 13.2 Å². The van der Waals surface area contributed by atoms with Crippen LogP contribution in [-0.4, -0.2) is 40.5 Å². The third-order valence-corrected chi connectivity index (χ3v) is 11.3. The first-order valence-electron chi connectivity index (χ1n) is 17.5. The van der Waals surface area contributed by atoms with Gasteiger partial charge in [0.15, 0.2) is 5.60 Å². The zero-order valence-corrected chi connectivity index (χ0v) is 29.2. The number of anilines is 1. The van der Waals surface area contributed by atoms with E-state index in [2.05, 4.69) is 55.2 Å². The average Bonchev–Trinajstić information content (AvgIpc) is 3.48. The summed E-state index contributed by atoms with van der Waals surface area (Å²) in [4.78, 5) is 2.32. The molecule has 5 aromatic carbocycles. The molecule has 0 spiro atoms. The number of ether oxygens (including phenoxy) is 4. The average molecular weight is 692 g/mol. The predicted molar refractivity (Wildman–Crippen MR) is 195 cm³/mol. The molecule has 2 heterocycles. The largest absolute Gasteiger partial charge is 0.497 e. The molecule has 1 aliphatic carbocycles. The molecule has 1 fully saturated rings. The first kappa shape index (κ1) is 33.2. The second-order valence-corrected chi connectivity index (χ2v) is 13.5. The number of rotatable bonds is 7. The van der Waals surface area contributed by atoms with Crippen LogP contribution in [0, 0.1) is 0 Å². The molecule has 0 aromatic heterocycles. The van der Waals surface area contributed by atoms with Crippen molar-refractivity contribution < 1.29 is 32.1 Å². The summed E-state index contributed by atoms with van der Waals surface area (Å²) >= 11 is 0. The Morgan fingerprint density at radius 3 is 2.04 bits per heavy atom. The van der Waals surface area contributed by atoms with Crippen LogP contribution in [0.4, 0.5) is 18.9 Å². The molecule has 51 heavy (non-hydrogen) atoms. The summed E-state index contributed by atoms with van der Waals surface area (Å²) in [6.45, 7) is 7.18. The van der Waals surface area contributed by atoms with Crippen molar-refractivity contribution in [1.82, 2.24) is 0 Å². The van der Waals surface area contributed by atoms with Gasteiger partial charge in [0.05, 0.1) is 33.0 Å². The number of methoxy groups -OCH3 is 2. The van der Waals surface area contributed by atoms with E-state index in [0.29, 0.717) is 43.1 Å². The lowest BCUT2D eigenvalue weighted by Gasteiger charge is -2.39. The smallest absolute Gasteiger partial charge is 0.416 e. The Morgan fingerprint density at radius 2 is 1.41 bits per heavy atom. The zero-order chi connectivity index (χ0) is 35.5. The van der Waals surface area contributed by atoms with Crippen molar-refractivity contribution in [1.29, 1.82) is 0 Å². The van der Waals surface area contributed by atoms with Gasteiger partial charge in [-0.05, 0) is 101 Å². The monoisotopic (exact) mass is 691 g/mol. The summed E-state index contributed by atoms with van der Waals surface area (Å²) in [5.41, 5.74) is 5.05. The van der Waals surface area contributed by atoms with Gasteiger partial charge in [-0.15, -0.1) is 0 Å². The molecule has 1 saturated heterocycles. The van der Waals surface area contributed by atoms with Gasteiger partial charge in [0, 0.05) is 46.3 Å². The molecule has 0 radical (unpaired) electrons. The molecule has 8 heteroatoms. The van der Waals surface area contributed by atoms with Crippen LogP contribution in [0.15, 0.2) is 91.0 Å². The first-order valence-corrected chi connectivity index (χ1v) is 17.5. The molecule has 1 atom stereocenters. The molecule has 3 aliphatic rings. The standard InChI is InChI=1S/C43H40F3NO4/c1-5-41(6-2)37-25-29(43(44,45)46)11-17-34(37)38-33-18-16-32(49-4)26-36(33)40-35(39(38)41)19-20-42(51-40,28-9-14-31(48-3)15-10-28)27-7-12-30(13-8-27)47-21-23-50-24-22-47/h7-20,25-26H,5-6,21-24H2,1-4H3. The molecule has 8 rings (SSSR count). The lowest BCUT2D eigenvalue weighted by molar-refractivity contribution is -0.137. The van der Waals surface area contributed by atoms with Crippen LogP contribution in [0.3, 0.4) is 0 Å². The maximum atomic E-state index is 14.2. The van der Waals surface area contributed by atoms with E-state index in [-0.39, 0.29) is 0 Å². The van der Waals surface area contributed by atoms with Crippen LogP contribution >= 0.6 is 0 Å². The Hall–Kier alpha value is -4.95. The Bertz CT molecular complexity index is 2150. The quantitative estimate of drug-likeness (QED) is 0.170. The summed E-state index contributed by atoms with van der Waals surface area (Å²) in [5, 5.41) is 1.75. The molecule has 5 nitrogen and oxygen atoms in total.